The van der Waals surface area contributed by atoms with E-state index < -0.39 is 0 Å². The van der Waals surface area contributed by atoms with E-state index in [9.17, 15) is 4.79 Å². The van der Waals surface area contributed by atoms with Gasteiger partial charge in [0.15, 0.2) is 11.2 Å². The zero-order valence-electron chi connectivity index (χ0n) is 11.8. The van der Waals surface area contributed by atoms with Crippen molar-refractivity contribution in [3.8, 4) is 0 Å². The Kier molecular flexibility index (Phi) is 4.73. The van der Waals surface area contributed by atoms with Crippen LogP contribution in [-0.4, -0.2) is 19.5 Å². The number of benzene rings is 1. The van der Waals surface area contributed by atoms with Gasteiger partial charge in [-0.05, 0) is 30.5 Å². The van der Waals surface area contributed by atoms with Gasteiger partial charge in [-0.15, -0.1) is 12.4 Å². The molecule has 6 nitrogen and oxygen atoms in total. The van der Waals surface area contributed by atoms with Crippen molar-refractivity contribution in [3.05, 3.63) is 51.0 Å². The van der Waals surface area contributed by atoms with Crippen LogP contribution >= 0.6 is 24.0 Å². The number of anilines is 1. The zero-order valence-corrected chi connectivity index (χ0v) is 13.4. The minimum atomic E-state index is -0.321. The molecule has 3 N–H and O–H groups in total. The van der Waals surface area contributed by atoms with Gasteiger partial charge in [0.1, 0.15) is 0 Å². The molecule has 0 aliphatic heterocycles. The molecule has 0 saturated carbocycles. The standard InChI is InChI=1S/C14H14ClN5O.ClH/c1-8-6-9(2-3-10(8)15)4-5-20-7-17-11-12(20)18-14(16)19-13(11)21;/h2-3,6-7H,4-5H2,1H3,(H3,16,18,19,21);1H. The maximum atomic E-state index is 11.7. The average Bonchev–Trinajstić information content (AvgIpc) is 2.83. The summed E-state index contributed by atoms with van der Waals surface area (Å²) in [6.45, 7) is 2.63. The molecule has 3 rings (SSSR count). The van der Waals surface area contributed by atoms with Crippen LogP contribution in [0, 0.1) is 6.92 Å². The van der Waals surface area contributed by atoms with E-state index in [-0.39, 0.29) is 23.9 Å². The number of nitrogens with one attached hydrogen (secondary N) is 1. The van der Waals surface area contributed by atoms with Crippen LogP contribution in [0.4, 0.5) is 5.95 Å². The fourth-order valence-electron chi connectivity index (χ4n) is 2.25. The van der Waals surface area contributed by atoms with Gasteiger partial charge in [-0.3, -0.25) is 9.78 Å². The molecule has 1 aromatic carbocycles. The highest BCUT2D eigenvalue weighted by Gasteiger charge is 2.09. The van der Waals surface area contributed by atoms with Gasteiger partial charge in [0.25, 0.3) is 5.56 Å². The maximum absolute atomic E-state index is 11.7. The van der Waals surface area contributed by atoms with Crippen LogP contribution < -0.4 is 11.3 Å². The third-order valence-corrected chi connectivity index (χ3v) is 3.78. The average molecular weight is 340 g/mol. The molecule has 0 amide bonds. The lowest BCUT2D eigenvalue weighted by atomic mass is 10.1. The molecule has 8 heteroatoms. The van der Waals surface area contributed by atoms with E-state index >= 15 is 0 Å². The highest BCUT2D eigenvalue weighted by molar-refractivity contribution is 6.31. The van der Waals surface area contributed by atoms with Crippen LogP contribution in [0.25, 0.3) is 11.2 Å². The van der Waals surface area contributed by atoms with Crippen molar-refractivity contribution in [2.75, 3.05) is 5.73 Å². The molecule has 0 aliphatic carbocycles. The lowest BCUT2D eigenvalue weighted by Gasteiger charge is -2.06. The van der Waals surface area contributed by atoms with Crippen molar-refractivity contribution < 1.29 is 0 Å². The summed E-state index contributed by atoms with van der Waals surface area (Å²) in [6, 6.07) is 5.93. The minimum absolute atomic E-state index is 0. The molecule has 0 unspecified atom stereocenters. The summed E-state index contributed by atoms with van der Waals surface area (Å²) in [4.78, 5) is 22.4. The fourth-order valence-corrected chi connectivity index (χ4v) is 2.36. The Bertz CT molecular complexity index is 871. The fraction of sp³-hybridized carbons (Fsp3) is 0.214. The Hall–Kier alpha value is -2.05. The van der Waals surface area contributed by atoms with E-state index in [2.05, 4.69) is 21.0 Å². The van der Waals surface area contributed by atoms with Gasteiger partial charge in [-0.1, -0.05) is 23.7 Å². The predicted octanol–water partition coefficient (Wildman–Crippen LogP) is 2.33. The van der Waals surface area contributed by atoms with Crippen molar-refractivity contribution in [2.24, 2.45) is 0 Å². The molecular weight excluding hydrogens is 325 g/mol. The maximum Gasteiger partial charge on any atom is 0.280 e. The van der Waals surface area contributed by atoms with Crippen molar-refractivity contribution >= 4 is 41.1 Å². The summed E-state index contributed by atoms with van der Waals surface area (Å²) in [6.07, 6.45) is 2.40. The van der Waals surface area contributed by atoms with Crippen LogP contribution in [0.2, 0.25) is 5.02 Å². The number of imidazole rings is 1. The third-order valence-electron chi connectivity index (χ3n) is 3.36. The normalized spacial score (nSPS) is 10.6. The van der Waals surface area contributed by atoms with Gasteiger partial charge in [0.05, 0.1) is 6.33 Å². The summed E-state index contributed by atoms with van der Waals surface area (Å²) in [7, 11) is 0. The summed E-state index contributed by atoms with van der Waals surface area (Å²) in [5, 5.41) is 0.757. The number of H-pyrrole nitrogens is 1. The molecule has 116 valence electrons. The second-order valence-electron chi connectivity index (χ2n) is 4.89. The third kappa shape index (κ3) is 3.08. The summed E-state index contributed by atoms with van der Waals surface area (Å²) < 4.78 is 1.82. The van der Waals surface area contributed by atoms with E-state index in [1.807, 2.05) is 23.6 Å². The first-order valence-electron chi connectivity index (χ1n) is 6.50. The minimum Gasteiger partial charge on any atom is -0.369 e. The summed E-state index contributed by atoms with van der Waals surface area (Å²) in [5.74, 6) is 0.0941. The molecule has 2 aromatic heterocycles. The van der Waals surface area contributed by atoms with E-state index in [0.29, 0.717) is 17.7 Å². The van der Waals surface area contributed by atoms with Crippen LogP contribution in [-0.2, 0) is 13.0 Å². The van der Waals surface area contributed by atoms with E-state index in [1.54, 1.807) is 6.33 Å². The van der Waals surface area contributed by atoms with Crippen molar-refractivity contribution in [2.45, 2.75) is 19.9 Å². The van der Waals surface area contributed by atoms with Gasteiger partial charge in [-0.25, -0.2) is 4.98 Å². The number of nitrogen functional groups attached to an aromatic ring is 1. The quantitative estimate of drug-likeness (QED) is 0.766. The zero-order chi connectivity index (χ0) is 15.0. The molecule has 0 saturated heterocycles. The lowest BCUT2D eigenvalue weighted by molar-refractivity contribution is 0.709. The predicted molar refractivity (Wildman–Crippen MR) is 89.7 cm³/mol. The first kappa shape index (κ1) is 16.3. The molecule has 3 aromatic rings. The number of fused-ring (bicyclic) bond motifs is 1. The van der Waals surface area contributed by atoms with Crippen molar-refractivity contribution in [3.63, 3.8) is 0 Å². The van der Waals surface area contributed by atoms with Crippen molar-refractivity contribution in [1.29, 1.82) is 0 Å². The van der Waals surface area contributed by atoms with E-state index in [1.165, 1.54) is 0 Å². The van der Waals surface area contributed by atoms with Crippen LogP contribution in [0.5, 0.6) is 0 Å². The SMILES string of the molecule is Cc1cc(CCn2cnc3c(=O)[nH]c(N)nc32)ccc1Cl.Cl. The number of aromatic nitrogens is 4. The summed E-state index contributed by atoms with van der Waals surface area (Å²) >= 11 is 6.02. The van der Waals surface area contributed by atoms with Gasteiger partial charge in [-0.2, -0.15) is 4.98 Å². The van der Waals surface area contributed by atoms with Gasteiger partial charge >= 0.3 is 0 Å². The van der Waals surface area contributed by atoms with Gasteiger partial charge in [0.2, 0.25) is 5.95 Å². The largest absolute Gasteiger partial charge is 0.369 e. The Morgan fingerprint density at radius 3 is 2.91 bits per heavy atom. The van der Waals surface area contributed by atoms with Crippen molar-refractivity contribution in [1.82, 2.24) is 19.5 Å². The monoisotopic (exact) mass is 339 g/mol. The summed E-state index contributed by atoms with van der Waals surface area (Å²) in [5.41, 5.74) is 8.27. The highest BCUT2D eigenvalue weighted by Crippen LogP contribution is 2.17. The number of hydrogen-bond donors (Lipinski definition) is 2. The first-order chi connectivity index (χ1) is 10.0. The van der Waals surface area contributed by atoms with Crippen LogP contribution in [0.3, 0.4) is 0 Å². The first-order valence-corrected chi connectivity index (χ1v) is 6.88. The van der Waals surface area contributed by atoms with Crippen LogP contribution in [0.15, 0.2) is 29.3 Å². The number of aromatic amines is 1. The molecule has 0 aliphatic rings. The molecule has 0 bridgehead atoms. The Morgan fingerprint density at radius 2 is 2.18 bits per heavy atom. The number of hydrogen-bond acceptors (Lipinski definition) is 4. The Morgan fingerprint density at radius 1 is 1.41 bits per heavy atom. The molecule has 0 fully saturated rings. The van der Waals surface area contributed by atoms with Crippen LogP contribution in [0.1, 0.15) is 11.1 Å². The molecule has 2 heterocycles. The Labute approximate surface area is 137 Å². The smallest absolute Gasteiger partial charge is 0.280 e. The molecule has 0 radical (unpaired) electrons. The lowest BCUT2D eigenvalue weighted by Crippen LogP contribution is -2.12. The van der Waals surface area contributed by atoms with Gasteiger partial charge in [0, 0.05) is 11.6 Å². The second kappa shape index (κ2) is 6.37. The Balaban J connectivity index is 0.00000176. The van der Waals surface area contributed by atoms with E-state index in [0.717, 1.165) is 22.6 Å². The number of nitrogens with two attached hydrogens (primary N) is 1. The topological polar surface area (TPSA) is 89.6 Å². The second-order valence-corrected chi connectivity index (χ2v) is 5.30. The van der Waals surface area contributed by atoms with Gasteiger partial charge < -0.3 is 10.3 Å². The molecule has 0 spiro atoms. The molecule has 22 heavy (non-hydrogen) atoms. The number of halogens is 2. The molecule has 0 atom stereocenters. The van der Waals surface area contributed by atoms with E-state index in [4.69, 9.17) is 17.3 Å². The number of rotatable bonds is 3. The number of aryl methyl sites for hydroxylation is 3. The highest BCUT2D eigenvalue weighted by atomic mass is 35.5. The molecular formula is C14H15Cl2N5O. The number of nitrogens with zero attached hydrogens (tertiary/aromatic N) is 3.